The number of thiophene rings is 1. The van der Waals surface area contributed by atoms with Crippen molar-refractivity contribution >= 4 is 166 Å². The van der Waals surface area contributed by atoms with E-state index in [1.807, 2.05) is 88.7 Å². The van der Waals surface area contributed by atoms with Crippen LogP contribution in [0.5, 0.6) is 0 Å². The summed E-state index contributed by atoms with van der Waals surface area (Å²) in [5.41, 5.74) is 10.1. The average molecular weight is 2110 g/mol. The molecule has 6 aromatic carbocycles. The maximum absolute atomic E-state index is 14.4. The van der Waals surface area contributed by atoms with Crippen LogP contribution in [-0.2, 0) is 78.5 Å². The summed E-state index contributed by atoms with van der Waals surface area (Å²) in [5.74, 6) is -2.28. The van der Waals surface area contributed by atoms with Crippen molar-refractivity contribution in [2.45, 2.75) is 179 Å². The van der Waals surface area contributed by atoms with Gasteiger partial charge in [0, 0.05) is 112 Å². The summed E-state index contributed by atoms with van der Waals surface area (Å²) in [6.45, 7) is 27.4. The molecule has 0 spiro atoms. The van der Waals surface area contributed by atoms with Gasteiger partial charge < -0.3 is 47.3 Å². The fourth-order valence-electron chi connectivity index (χ4n) is 16.3. The normalized spacial score (nSPS) is 11.1. The Bertz CT molecular complexity index is 7350. The Balaban J connectivity index is 0.000000152. The molecule has 0 bridgehead atoms. The van der Waals surface area contributed by atoms with Crippen LogP contribution in [0.1, 0.15) is 192 Å². The number of fused-ring (bicyclic) bond motifs is 5. The third-order valence-electron chi connectivity index (χ3n) is 23.2. The van der Waals surface area contributed by atoms with Gasteiger partial charge in [-0.2, -0.15) is 11.3 Å². The number of carbonyl (C=O) groups excluding carboxylic acids is 5. The Kier molecular flexibility index (Phi) is 39.3. The molecule has 0 atom stereocenters. The van der Waals surface area contributed by atoms with E-state index in [1.165, 1.54) is 47.7 Å². The number of amides is 5. The minimum atomic E-state index is -1.56. The third kappa shape index (κ3) is 27.6. The van der Waals surface area contributed by atoms with Crippen LogP contribution in [-0.4, -0.2) is 146 Å². The number of halogens is 11. The van der Waals surface area contributed by atoms with Crippen molar-refractivity contribution in [3.8, 4) is 0 Å². The van der Waals surface area contributed by atoms with E-state index in [0.29, 0.717) is 147 Å². The van der Waals surface area contributed by atoms with E-state index < -0.39 is 34.7 Å². The summed E-state index contributed by atoms with van der Waals surface area (Å²) in [6.07, 6.45) is 16.6. The first kappa shape index (κ1) is 109. The number of nitrogens with zero attached hydrogens (tertiary/aromatic N) is 20. The van der Waals surface area contributed by atoms with E-state index in [9.17, 15) is 45.9 Å². The number of benzene rings is 6. The Morgan fingerprint density at radius 2 is 0.731 bits per heavy atom. The second kappa shape index (κ2) is 52.4. The Hall–Kier alpha value is -13.4. The number of aromatic nitrogens is 15. The fourth-order valence-corrected chi connectivity index (χ4v) is 18.1. The van der Waals surface area contributed by atoms with E-state index in [1.54, 1.807) is 131 Å². The SMILES string of the molecule is C=CCN(Cc1nc2cccnc2n1CCC)C(=O)c1cc(Cl)ccc1Cl.CCCN(Cc1nc2cccnc2n1CCC)C(=O)c1cc(Cl)ccc1Cl.CCCn1c(CN(CCC(C)C)C(=O)c2cccc(Cl)c2Cl)nc2cccnc21.CCCn1c(CN(Cc2ccc(F)cc2)C(=O)c2c(F)ccc(F)c2F)nc2cccnc21.CCCn1c(CN(Cc2ccc(F)cc2)C(=O)c2ccsc2)nc2cccnc21. The molecule has 37 heteroatoms. The lowest BCUT2D eigenvalue weighted by atomic mass is 10.1. The van der Waals surface area contributed by atoms with E-state index in [4.69, 9.17) is 84.6 Å². The van der Waals surface area contributed by atoms with E-state index in [0.717, 1.165) is 150 Å². The van der Waals surface area contributed by atoms with E-state index in [-0.39, 0.29) is 47.6 Å². The topological polar surface area (TPSA) is 255 Å². The molecular formula is C108H109Cl6F5N20O5S. The monoisotopic (exact) mass is 2100 g/mol. The van der Waals surface area contributed by atoms with Crippen molar-refractivity contribution in [1.82, 2.24) is 97.2 Å². The zero-order chi connectivity index (χ0) is 103. The van der Waals surface area contributed by atoms with Crippen LogP contribution in [0.3, 0.4) is 0 Å². The van der Waals surface area contributed by atoms with Gasteiger partial charge >= 0.3 is 0 Å². The highest BCUT2D eigenvalue weighted by Gasteiger charge is 2.32. The first-order chi connectivity index (χ1) is 70.0. The number of hydrogen-bond donors (Lipinski definition) is 0. The van der Waals surface area contributed by atoms with Crippen molar-refractivity contribution in [3.63, 3.8) is 0 Å². The number of aryl methyl sites for hydroxylation is 5. The second-order valence-electron chi connectivity index (χ2n) is 34.4. The second-order valence-corrected chi connectivity index (χ2v) is 37.6. The predicted octanol–water partition coefficient (Wildman–Crippen LogP) is 26.1. The Labute approximate surface area is 871 Å². The van der Waals surface area contributed by atoms with Gasteiger partial charge in [0.15, 0.2) is 39.9 Å². The zero-order valence-electron chi connectivity index (χ0n) is 81.3. The summed E-state index contributed by atoms with van der Waals surface area (Å²) >= 11 is 38.5. The van der Waals surface area contributed by atoms with Gasteiger partial charge in [0.2, 0.25) is 0 Å². The highest BCUT2D eigenvalue weighted by molar-refractivity contribution is 7.08. The van der Waals surface area contributed by atoms with Crippen molar-refractivity contribution in [2.75, 3.05) is 19.6 Å². The molecule has 5 amide bonds. The molecule has 0 aliphatic heterocycles. The Morgan fingerprint density at radius 3 is 1.10 bits per heavy atom. The quantitative estimate of drug-likeness (QED) is 0.0201. The van der Waals surface area contributed by atoms with Crippen LogP contribution in [0.15, 0.2) is 236 Å². The molecule has 17 rings (SSSR count). The molecule has 0 unspecified atom stereocenters. The summed E-state index contributed by atoms with van der Waals surface area (Å²) in [6, 6.07) is 48.4. The molecule has 145 heavy (non-hydrogen) atoms. The molecule has 754 valence electrons. The highest BCUT2D eigenvalue weighted by atomic mass is 35.5. The molecule has 0 saturated carbocycles. The summed E-state index contributed by atoms with van der Waals surface area (Å²) in [7, 11) is 0. The molecule has 0 aliphatic rings. The van der Waals surface area contributed by atoms with Crippen LogP contribution in [0.25, 0.3) is 55.8 Å². The lowest BCUT2D eigenvalue weighted by molar-refractivity contribution is 0.0708. The predicted molar refractivity (Wildman–Crippen MR) is 563 cm³/mol. The Morgan fingerprint density at radius 1 is 0.372 bits per heavy atom. The summed E-state index contributed by atoms with van der Waals surface area (Å²) in [4.78, 5) is 120. The smallest absolute Gasteiger partial charge is 0.260 e. The van der Waals surface area contributed by atoms with Gasteiger partial charge in [0.25, 0.3) is 29.5 Å². The maximum Gasteiger partial charge on any atom is 0.260 e. The number of pyridine rings is 5. The van der Waals surface area contributed by atoms with Gasteiger partial charge in [-0.15, -0.1) is 6.58 Å². The van der Waals surface area contributed by atoms with Crippen LogP contribution in [0, 0.1) is 35.0 Å². The van der Waals surface area contributed by atoms with Crippen LogP contribution in [0.4, 0.5) is 22.0 Å². The van der Waals surface area contributed by atoms with Crippen molar-refractivity contribution < 1.29 is 45.9 Å². The lowest BCUT2D eigenvalue weighted by Gasteiger charge is -2.24. The van der Waals surface area contributed by atoms with E-state index in [2.05, 4.69) is 101 Å². The molecular weight excluding hydrogens is 2000 g/mol. The minimum Gasteiger partial charge on any atom is -0.331 e. The molecule has 0 aliphatic carbocycles. The van der Waals surface area contributed by atoms with Gasteiger partial charge in [0.05, 0.1) is 75.1 Å². The minimum absolute atomic E-state index is 0.0707. The van der Waals surface area contributed by atoms with Crippen LogP contribution >= 0.6 is 80.9 Å². The average Bonchev–Trinajstić information content (AvgIpc) is 1.79. The van der Waals surface area contributed by atoms with Gasteiger partial charge in [0.1, 0.15) is 79.7 Å². The summed E-state index contributed by atoms with van der Waals surface area (Å²) < 4.78 is 79.5. The first-order valence-electron chi connectivity index (χ1n) is 47.6. The molecule has 0 radical (unpaired) electrons. The van der Waals surface area contributed by atoms with E-state index >= 15 is 0 Å². The molecule has 0 N–H and O–H groups in total. The van der Waals surface area contributed by atoms with Gasteiger partial charge in [-0.25, -0.2) is 71.8 Å². The molecule has 11 heterocycles. The largest absolute Gasteiger partial charge is 0.331 e. The molecule has 0 saturated heterocycles. The number of carbonyl (C=O) groups is 5. The zero-order valence-corrected chi connectivity index (χ0v) is 86.7. The standard InChI is InChI=1S/C24H20F4N4O.C22H26Cl2N4O.C22H21FN4OS.C20H22Cl2N4O.C20H20Cl2N4O/c1-2-12-32-20(30-19-4-3-11-29-23(19)32)14-31(13-15-5-7-16(25)8-6-15)24(33)21-17(26)9-10-18(27)22(21)28;1-4-12-28-19(26-18-9-6-11-25-21(18)28)14-27(13-10-15(2)3)22(29)16-7-5-8-17(23)20(16)24;1-2-11-27-20(25-19-4-3-10-24-21(19)27)14-26(22(28)17-9-12-29-15-17)13-16-5-7-18(23)8-6-16;2*1-3-10-25(20(27)15-12-14(21)7-8-16(15)22)13-18-24-17-6-5-9-23-19(17)26(18)11-4-2/h3-11H,2,12-14H2,1H3;5-9,11,15H,4,10,12-14H2,1-3H3;3-10,12,15H,2,11,13-14H2,1H3;5-9,12H,3-4,10-11,13H2,1-2H3;3,5-9,12H,1,4,10-11,13H2,2H3. The van der Waals surface area contributed by atoms with Crippen molar-refractivity contribution in [1.29, 1.82) is 0 Å². The third-order valence-corrected chi connectivity index (χ3v) is 25.8. The fraction of sp³-hybridized carbons (Fsp3) is 0.287. The molecule has 25 nitrogen and oxygen atoms in total. The summed E-state index contributed by atoms with van der Waals surface area (Å²) in [5, 5.41) is 6.11. The number of rotatable bonds is 36. The lowest BCUT2D eigenvalue weighted by Crippen LogP contribution is -2.33. The van der Waals surface area contributed by atoms with Crippen LogP contribution < -0.4 is 0 Å². The van der Waals surface area contributed by atoms with Gasteiger partial charge in [-0.3, -0.25) is 24.0 Å². The first-order valence-corrected chi connectivity index (χ1v) is 50.8. The van der Waals surface area contributed by atoms with Crippen LogP contribution in [0.2, 0.25) is 30.1 Å². The molecule has 17 aromatic rings. The van der Waals surface area contributed by atoms with Crippen molar-refractivity contribution in [3.05, 3.63) is 364 Å². The van der Waals surface area contributed by atoms with Gasteiger partial charge in [-0.05, 0) is 219 Å². The highest BCUT2D eigenvalue weighted by Crippen LogP contribution is 2.33. The molecule has 0 fully saturated rings. The number of hydrogen-bond acceptors (Lipinski definition) is 16. The maximum atomic E-state index is 14.4. The molecule has 11 aromatic heterocycles. The van der Waals surface area contributed by atoms with Crippen molar-refractivity contribution in [2.24, 2.45) is 5.92 Å². The number of imidazole rings is 5. The van der Waals surface area contributed by atoms with Gasteiger partial charge in [-0.1, -0.05) is 161 Å².